The van der Waals surface area contributed by atoms with Crippen LogP contribution >= 0.6 is 47.5 Å². The van der Waals surface area contributed by atoms with Crippen molar-refractivity contribution in [2.24, 2.45) is 4.99 Å². The fourth-order valence-electron chi connectivity index (χ4n) is 1.91. The Labute approximate surface area is 177 Å². The summed E-state index contributed by atoms with van der Waals surface area (Å²) in [7, 11) is 3.50. The maximum atomic E-state index is 11.8. The summed E-state index contributed by atoms with van der Waals surface area (Å²) in [6, 6.07) is 6.41. The molecule has 0 saturated carbocycles. The van der Waals surface area contributed by atoms with Crippen molar-refractivity contribution in [3.8, 4) is 0 Å². The molecule has 0 saturated heterocycles. The predicted octanol–water partition coefficient (Wildman–Crippen LogP) is 2.82. The number of hydrogen-bond acceptors (Lipinski definition) is 4. The van der Waals surface area contributed by atoms with Gasteiger partial charge in [0.1, 0.15) is 0 Å². The SMILES string of the molecule is CSCCNC(=NCc1ccc(C)cc1SC)NCC(=O)N(C)C.I. The zero-order chi connectivity index (χ0) is 17.9. The standard InChI is InChI=1S/C17H28N4OS2.HI/c1-13-6-7-14(15(10-13)24-5)11-19-17(18-8-9-23-4)20-12-16(22)21(2)3;/h6-7,10H,8-9,11-12H2,1-5H3,(H2,18,19,20);1H. The Morgan fingerprint density at radius 2 is 1.96 bits per heavy atom. The molecule has 0 heterocycles. The molecule has 1 aromatic rings. The van der Waals surface area contributed by atoms with Crippen molar-refractivity contribution in [2.75, 3.05) is 45.4 Å². The van der Waals surface area contributed by atoms with Gasteiger partial charge < -0.3 is 15.5 Å². The molecule has 1 amide bonds. The van der Waals surface area contributed by atoms with Crippen LogP contribution in [-0.4, -0.2) is 62.2 Å². The van der Waals surface area contributed by atoms with Gasteiger partial charge in [-0.2, -0.15) is 11.8 Å². The van der Waals surface area contributed by atoms with E-state index in [1.165, 1.54) is 16.0 Å². The maximum absolute atomic E-state index is 11.8. The molecule has 0 atom stereocenters. The zero-order valence-electron chi connectivity index (χ0n) is 15.6. The molecule has 0 fully saturated rings. The second-order valence-electron chi connectivity index (χ2n) is 5.54. The van der Waals surface area contributed by atoms with Crippen LogP contribution in [-0.2, 0) is 11.3 Å². The van der Waals surface area contributed by atoms with E-state index in [4.69, 9.17) is 0 Å². The van der Waals surface area contributed by atoms with Gasteiger partial charge in [-0.15, -0.1) is 35.7 Å². The third-order valence-corrected chi connectivity index (χ3v) is 4.79. The molecule has 0 unspecified atom stereocenters. The molecule has 0 aliphatic rings. The molecule has 142 valence electrons. The second-order valence-corrected chi connectivity index (χ2v) is 7.38. The van der Waals surface area contributed by atoms with Gasteiger partial charge in [0.25, 0.3) is 0 Å². The van der Waals surface area contributed by atoms with Crippen molar-refractivity contribution in [1.29, 1.82) is 0 Å². The van der Waals surface area contributed by atoms with Gasteiger partial charge in [0.05, 0.1) is 13.1 Å². The van der Waals surface area contributed by atoms with Gasteiger partial charge in [-0.1, -0.05) is 12.1 Å². The van der Waals surface area contributed by atoms with Crippen LogP contribution in [0.25, 0.3) is 0 Å². The minimum atomic E-state index is 0. The van der Waals surface area contributed by atoms with Crippen LogP contribution < -0.4 is 10.6 Å². The first-order valence-corrected chi connectivity index (χ1v) is 10.4. The Bertz CT molecular complexity index is 568. The molecule has 0 aromatic heterocycles. The van der Waals surface area contributed by atoms with Crippen molar-refractivity contribution in [3.05, 3.63) is 29.3 Å². The topological polar surface area (TPSA) is 56.7 Å². The summed E-state index contributed by atoms with van der Waals surface area (Å²) in [5.41, 5.74) is 2.44. The van der Waals surface area contributed by atoms with Gasteiger partial charge in [0.15, 0.2) is 5.96 Å². The van der Waals surface area contributed by atoms with Gasteiger partial charge in [-0.05, 0) is 36.6 Å². The molecule has 1 rings (SSSR count). The Hall–Kier alpha value is -0.610. The molecule has 0 aliphatic heterocycles. The van der Waals surface area contributed by atoms with Crippen LogP contribution in [0.2, 0.25) is 0 Å². The van der Waals surface area contributed by atoms with Crippen molar-refractivity contribution in [2.45, 2.75) is 18.4 Å². The lowest BCUT2D eigenvalue weighted by atomic mass is 10.1. The lowest BCUT2D eigenvalue weighted by molar-refractivity contribution is -0.127. The van der Waals surface area contributed by atoms with E-state index >= 15 is 0 Å². The van der Waals surface area contributed by atoms with E-state index in [0.717, 1.165) is 12.3 Å². The fourth-order valence-corrected chi connectivity index (χ4v) is 2.91. The number of guanidine groups is 1. The molecule has 0 radical (unpaired) electrons. The summed E-state index contributed by atoms with van der Waals surface area (Å²) < 4.78 is 0. The van der Waals surface area contributed by atoms with Gasteiger partial charge in [-0.25, -0.2) is 4.99 Å². The summed E-state index contributed by atoms with van der Waals surface area (Å²) in [5, 5.41) is 6.39. The number of carbonyl (C=O) groups is 1. The normalized spacial score (nSPS) is 10.8. The van der Waals surface area contributed by atoms with E-state index < -0.39 is 0 Å². The number of hydrogen-bond donors (Lipinski definition) is 2. The first-order valence-electron chi connectivity index (χ1n) is 7.82. The third-order valence-electron chi connectivity index (χ3n) is 3.35. The highest BCUT2D eigenvalue weighted by atomic mass is 127. The molecule has 25 heavy (non-hydrogen) atoms. The maximum Gasteiger partial charge on any atom is 0.241 e. The van der Waals surface area contributed by atoms with Crippen LogP contribution in [0.15, 0.2) is 28.1 Å². The number of nitrogens with one attached hydrogen (secondary N) is 2. The number of thioether (sulfide) groups is 2. The number of likely N-dealkylation sites (N-methyl/N-ethyl adjacent to an activating group) is 1. The molecule has 1 aromatic carbocycles. The van der Waals surface area contributed by atoms with Gasteiger partial charge in [0, 0.05) is 31.3 Å². The quantitative estimate of drug-likeness (QED) is 0.191. The van der Waals surface area contributed by atoms with Crippen LogP contribution in [0.5, 0.6) is 0 Å². The van der Waals surface area contributed by atoms with Crippen molar-refractivity contribution in [1.82, 2.24) is 15.5 Å². The number of aliphatic imine (C=N–C) groups is 1. The lowest BCUT2D eigenvalue weighted by Crippen LogP contribution is -2.43. The number of rotatable bonds is 8. The fraction of sp³-hybridized carbons (Fsp3) is 0.529. The van der Waals surface area contributed by atoms with Gasteiger partial charge in [0.2, 0.25) is 5.91 Å². The van der Waals surface area contributed by atoms with Crippen LogP contribution in [0.4, 0.5) is 0 Å². The third kappa shape index (κ3) is 9.60. The average Bonchev–Trinajstić information content (AvgIpc) is 2.57. The van der Waals surface area contributed by atoms with Crippen LogP contribution in [0.3, 0.4) is 0 Å². The highest BCUT2D eigenvalue weighted by Gasteiger charge is 2.07. The number of aryl methyl sites for hydroxylation is 1. The molecular formula is C17H29IN4OS2. The van der Waals surface area contributed by atoms with Gasteiger partial charge in [-0.3, -0.25) is 4.79 Å². The van der Waals surface area contributed by atoms with Crippen molar-refractivity contribution in [3.63, 3.8) is 0 Å². The molecule has 0 aliphatic carbocycles. The molecule has 8 heteroatoms. The Balaban J connectivity index is 0.00000576. The number of amides is 1. The molecule has 5 nitrogen and oxygen atoms in total. The van der Waals surface area contributed by atoms with E-state index in [9.17, 15) is 4.79 Å². The van der Waals surface area contributed by atoms with E-state index in [-0.39, 0.29) is 36.4 Å². The summed E-state index contributed by atoms with van der Waals surface area (Å²) >= 11 is 3.50. The van der Waals surface area contributed by atoms with Crippen molar-refractivity contribution < 1.29 is 4.79 Å². The summed E-state index contributed by atoms with van der Waals surface area (Å²) in [4.78, 5) is 19.2. The highest BCUT2D eigenvalue weighted by Crippen LogP contribution is 2.22. The van der Waals surface area contributed by atoms with E-state index in [1.54, 1.807) is 42.5 Å². The van der Waals surface area contributed by atoms with E-state index in [2.05, 4.69) is 53.3 Å². The van der Waals surface area contributed by atoms with Gasteiger partial charge >= 0.3 is 0 Å². The molecule has 2 N–H and O–H groups in total. The minimum Gasteiger partial charge on any atom is -0.356 e. The summed E-state index contributed by atoms with van der Waals surface area (Å²) in [6.45, 7) is 3.73. The lowest BCUT2D eigenvalue weighted by Gasteiger charge is -2.15. The molecule has 0 bridgehead atoms. The van der Waals surface area contributed by atoms with Crippen LogP contribution in [0, 0.1) is 6.92 Å². The van der Waals surface area contributed by atoms with Crippen LogP contribution in [0.1, 0.15) is 11.1 Å². The predicted molar refractivity (Wildman–Crippen MR) is 123 cm³/mol. The first-order chi connectivity index (χ1) is 11.5. The average molecular weight is 496 g/mol. The number of nitrogens with zero attached hydrogens (tertiary/aromatic N) is 2. The van der Waals surface area contributed by atoms with E-state index in [0.29, 0.717) is 12.5 Å². The second kappa shape index (κ2) is 13.6. The largest absolute Gasteiger partial charge is 0.356 e. The van der Waals surface area contributed by atoms with Crippen molar-refractivity contribution >= 4 is 59.4 Å². The minimum absolute atomic E-state index is 0. The zero-order valence-corrected chi connectivity index (χ0v) is 19.6. The summed E-state index contributed by atoms with van der Waals surface area (Å²) in [5.74, 6) is 1.68. The molecular weight excluding hydrogens is 467 g/mol. The number of carbonyl (C=O) groups excluding carboxylic acids is 1. The van der Waals surface area contributed by atoms with E-state index in [1.807, 2.05) is 0 Å². The Morgan fingerprint density at radius 3 is 2.56 bits per heavy atom. The number of benzene rings is 1. The number of halogens is 1. The Morgan fingerprint density at radius 1 is 1.24 bits per heavy atom. The highest BCUT2D eigenvalue weighted by molar-refractivity contribution is 14.0. The first kappa shape index (κ1) is 24.4. The monoisotopic (exact) mass is 496 g/mol. The smallest absolute Gasteiger partial charge is 0.241 e. The Kier molecular flexibility index (Phi) is 13.2. The summed E-state index contributed by atoms with van der Waals surface area (Å²) in [6.07, 6.45) is 4.15. The molecule has 0 spiro atoms.